The summed E-state index contributed by atoms with van der Waals surface area (Å²) in [4.78, 5) is 24.4. The minimum atomic E-state index is -0.353. The lowest BCUT2D eigenvalue weighted by molar-refractivity contribution is 0.0984. The molecule has 1 saturated heterocycles. The molecule has 0 saturated carbocycles. The lowest BCUT2D eigenvalue weighted by atomic mass is 10.2. The molecule has 2 aromatic heterocycles. The Balaban J connectivity index is 1.27. The van der Waals surface area contributed by atoms with Crippen molar-refractivity contribution in [3.63, 3.8) is 0 Å². The maximum Gasteiger partial charge on any atom is 0.260 e. The number of carbonyl (C=O) groups is 1. The number of amides is 1. The van der Waals surface area contributed by atoms with Crippen LogP contribution in [0.4, 0.5) is 15.2 Å². The van der Waals surface area contributed by atoms with Gasteiger partial charge in [0, 0.05) is 43.8 Å². The second kappa shape index (κ2) is 10.7. The summed E-state index contributed by atoms with van der Waals surface area (Å²) in [5, 5.41) is 10.5. The Kier molecular flexibility index (Phi) is 7.06. The van der Waals surface area contributed by atoms with Crippen LogP contribution >= 0.6 is 11.3 Å². The van der Waals surface area contributed by atoms with E-state index in [9.17, 15) is 9.18 Å². The zero-order valence-electron chi connectivity index (χ0n) is 19.1. The number of rotatable bonds is 7. The van der Waals surface area contributed by atoms with Crippen LogP contribution in [0.5, 0.6) is 0 Å². The van der Waals surface area contributed by atoms with Crippen LogP contribution in [0.1, 0.15) is 21.6 Å². The molecule has 2 aromatic carbocycles. The number of nitrogens with zero attached hydrogens (tertiary/aromatic N) is 6. The number of carbonyl (C=O) groups excluding carboxylic acids is 1. The zero-order valence-corrected chi connectivity index (χ0v) is 19.9. The Bertz CT molecular complexity index is 1240. The standard InChI is InChI=1S/C26H25FN6OS/c27-22-6-8-24(9-7-22)33(25(34)21-10-11-28-29-16-21)18-23-19-35-26(30-23)32-14-12-31(13-15-32)17-20-4-2-1-3-5-20/h1-11,16,19H,12-15,17-18H2. The fourth-order valence-corrected chi connectivity index (χ4v) is 4.96. The summed E-state index contributed by atoms with van der Waals surface area (Å²) in [6.45, 7) is 4.98. The van der Waals surface area contributed by atoms with Crippen LogP contribution in [0.3, 0.4) is 0 Å². The molecule has 5 rings (SSSR count). The van der Waals surface area contributed by atoms with Crippen LogP contribution in [-0.2, 0) is 13.1 Å². The number of thiazole rings is 1. The summed E-state index contributed by atoms with van der Waals surface area (Å²) in [7, 11) is 0. The Morgan fingerprint density at radius 1 is 0.971 bits per heavy atom. The summed E-state index contributed by atoms with van der Waals surface area (Å²) >= 11 is 1.58. The number of hydrogen-bond acceptors (Lipinski definition) is 7. The summed E-state index contributed by atoms with van der Waals surface area (Å²) < 4.78 is 13.5. The zero-order chi connectivity index (χ0) is 24.0. The second-order valence-corrected chi connectivity index (χ2v) is 9.21. The van der Waals surface area contributed by atoms with Crippen LogP contribution in [0.2, 0.25) is 0 Å². The van der Waals surface area contributed by atoms with E-state index in [1.807, 2.05) is 11.4 Å². The topological polar surface area (TPSA) is 65.5 Å². The molecule has 4 aromatic rings. The Morgan fingerprint density at radius 3 is 2.46 bits per heavy atom. The van der Waals surface area contributed by atoms with E-state index in [0.717, 1.165) is 43.5 Å². The highest BCUT2D eigenvalue weighted by atomic mass is 32.1. The molecule has 3 heterocycles. The van der Waals surface area contributed by atoms with E-state index in [1.54, 1.807) is 34.4 Å². The van der Waals surface area contributed by atoms with E-state index in [0.29, 0.717) is 11.3 Å². The number of piperazine rings is 1. The monoisotopic (exact) mass is 488 g/mol. The van der Waals surface area contributed by atoms with Crippen LogP contribution in [-0.4, -0.2) is 52.2 Å². The van der Waals surface area contributed by atoms with Gasteiger partial charge in [-0.1, -0.05) is 30.3 Å². The van der Waals surface area contributed by atoms with Gasteiger partial charge in [-0.15, -0.1) is 11.3 Å². The third kappa shape index (κ3) is 5.70. The van der Waals surface area contributed by atoms with Gasteiger partial charge >= 0.3 is 0 Å². The molecule has 0 atom stereocenters. The lowest BCUT2D eigenvalue weighted by Crippen LogP contribution is -2.46. The SMILES string of the molecule is O=C(c1ccnnc1)N(Cc1csc(N2CCN(Cc3ccccc3)CC2)n1)c1ccc(F)cc1. The van der Waals surface area contributed by atoms with Gasteiger partial charge in [-0.05, 0) is 35.9 Å². The minimum absolute atomic E-state index is 0.240. The number of hydrogen-bond donors (Lipinski definition) is 0. The molecule has 0 unspecified atom stereocenters. The number of benzene rings is 2. The van der Waals surface area contributed by atoms with Crippen molar-refractivity contribution >= 4 is 28.1 Å². The smallest absolute Gasteiger partial charge is 0.260 e. The summed E-state index contributed by atoms with van der Waals surface area (Å²) in [6, 6.07) is 18.0. The van der Waals surface area contributed by atoms with Crippen molar-refractivity contribution in [2.75, 3.05) is 36.0 Å². The van der Waals surface area contributed by atoms with E-state index in [4.69, 9.17) is 4.98 Å². The van der Waals surface area contributed by atoms with Gasteiger partial charge in [0.15, 0.2) is 5.13 Å². The molecular formula is C26H25FN6OS. The predicted octanol–water partition coefficient (Wildman–Crippen LogP) is 4.24. The highest BCUT2D eigenvalue weighted by Crippen LogP contribution is 2.26. The fourth-order valence-electron chi connectivity index (χ4n) is 4.09. The lowest BCUT2D eigenvalue weighted by Gasteiger charge is -2.34. The van der Waals surface area contributed by atoms with Gasteiger partial charge < -0.3 is 9.80 Å². The molecule has 35 heavy (non-hydrogen) atoms. The van der Waals surface area contributed by atoms with E-state index in [-0.39, 0.29) is 18.3 Å². The first-order valence-electron chi connectivity index (χ1n) is 11.5. The molecule has 7 nitrogen and oxygen atoms in total. The third-order valence-corrected chi connectivity index (χ3v) is 6.92. The first-order chi connectivity index (χ1) is 17.2. The molecule has 1 fully saturated rings. The maximum atomic E-state index is 13.5. The molecule has 0 N–H and O–H groups in total. The average Bonchev–Trinajstić information content (AvgIpc) is 3.38. The van der Waals surface area contributed by atoms with E-state index < -0.39 is 0 Å². The Hall–Kier alpha value is -3.69. The van der Waals surface area contributed by atoms with Gasteiger partial charge in [-0.3, -0.25) is 9.69 Å². The van der Waals surface area contributed by atoms with Crippen LogP contribution in [0, 0.1) is 5.82 Å². The highest BCUT2D eigenvalue weighted by Gasteiger charge is 2.23. The predicted molar refractivity (Wildman–Crippen MR) is 135 cm³/mol. The summed E-state index contributed by atoms with van der Waals surface area (Å²) in [5.41, 5.74) is 3.12. The average molecular weight is 489 g/mol. The normalized spacial score (nSPS) is 14.1. The van der Waals surface area contributed by atoms with Crippen molar-refractivity contribution in [1.29, 1.82) is 0 Å². The van der Waals surface area contributed by atoms with Gasteiger partial charge in [0.25, 0.3) is 5.91 Å². The van der Waals surface area contributed by atoms with Gasteiger partial charge in [-0.25, -0.2) is 9.37 Å². The minimum Gasteiger partial charge on any atom is -0.346 e. The van der Waals surface area contributed by atoms with Crippen molar-refractivity contribution in [2.45, 2.75) is 13.1 Å². The molecule has 9 heteroatoms. The summed E-state index contributed by atoms with van der Waals surface area (Å²) in [6.07, 6.45) is 2.91. The first kappa shape index (κ1) is 23.1. The van der Waals surface area contributed by atoms with Crippen molar-refractivity contribution in [3.05, 3.63) is 101 Å². The number of halogens is 1. The Morgan fingerprint density at radius 2 is 1.74 bits per heavy atom. The second-order valence-electron chi connectivity index (χ2n) is 8.37. The first-order valence-corrected chi connectivity index (χ1v) is 12.3. The maximum absolute atomic E-state index is 13.5. The van der Waals surface area contributed by atoms with Crippen molar-refractivity contribution < 1.29 is 9.18 Å². The molecule has 0 spiro atoms. The van der Waals surface area contributed by atoms with Gasteiger partial charge in [0.1, 0.15) is 5.82 Å². The molecule has 0 radical (unpaired) electrons. The van der Waals surface area contributed by atoms with E-state index >= 15 is 0 Å². The van der Waals surface area contributed by atoms with Crippen LogP contribution < -0.4 is 9.80 Å². The quantitative estimate of drug-likeness (QED) is 0.388. The van der Waals surface area contributed by atoms with E-state index in [1.165, 1.54) is 30.1 Å². The molecular weight excluding hydrogens is 463 g/mol. The third-order valence-electron chi connectivity index (χ3n) is 5.97. The number of anilines is 2. The Labute approximate surface area is 207 Å². The summed E-state index contributed by atoms with van der Waals surface area (Å²) in [5.74, 6) is -0.593. The van der Waals surface area contributed by atoms with Crippen LogP contribution in [0.15, 0.2) is 78.4 Å². The largest absolute Gasteiger partial charge is 0.346 e. The molecule has 1 aliphatic heterocycles. The van der Waals surface area contributed by atoms with Crippen LogP contribution in [0.25, 0.3) is 0 Å². The van der Waals surface area contributed by atoms with Gasteiger partial charge in [0.05, 0.1) is 30.2 Å². The van der Waals surface area contributed by atoms with E-state index in [2.05, 4.69) is 44.3 Å². The molecule has 1 aliphatic rings. The molecule has 0 bridgehead atoms. The molecule has 1 amide bonds. The highest BCUT2D eigenvalue weighted by molar-refractivity contribution is 7.13. The molecule has 178 valence electrons. The van der Waals surface area contributed by atoms with Gasteiger partial charge in [0.2, 0.25) is 0 Å². The van der Waals surface area contributed by atoms with Crippen molar-refractivity contribution in [1.82, 2.24) is 20.1 Å². The fraction of sp³-hybridized carbons (Fsp3) is 0.231. The van der Waals surface area contributed by atoms with Gasteiger partial charge in [-0.2, -0.15) is 10.2 Å². The van der Waals surface area contributed by atoms with Crippen molar-refractivity contribution in [3.8, 4) is 0 Å². The number of aromatic nitrogens is 3. The molecule has 0 aliphatic carbocycles. The van der Waals surface area contributed by atoms with Crippen molar-refractivity contribution in [2.24, 2.45) is 0 Å².